The summed E-state index contributed by atoms with van der Waals surface area (Å²) in [5.74, 6) is 1.08. The Morgan fingerprint density at radius 3 is 2.74 bits per heavy atom. The Kier molecular flexibility index (Phi) is 4.43. The van der Waals surface area contributed by atoms with Gasteiger partial charge >= 0.3 is 0 Å². The maximum absolute atomic E-state index is 13.1. The van der Waals surface area contributed by atoms with Crippen LogP contribution in [0.2, 0.25) is 10.0 Å². The van der Waals surface area contributed by atoms with Gasteiger partial charge in [0.25, 0.3) is 0 Å². The molecule has 1 amide bonds. The highest BCUT2D eigenvalue weighted by Crippen LogP contribution is 2.32. The van der Waals surface area contributed by atoms with Crippen molar-refractivity contribution in [3.05, 3.63) is 57.5 Å². The van der Waals surface area contributed by atoms with Crippen molar-refractivity contribution in [2.24, 2.45) is 0 Å². The van der Waals surface area contributed by atoms with Gasteiger partial charge < -0.3 is 9.32 Å². The molecule has 3 rings (SSSR count). The molecule has 0 atom stereocenters. The van der Waals surface area contributed by atoms with Crippen LogP contribution in [0.3, 0.4) is 0 Å². The molecule has 23 heavy (non-hydrogen) atoms. The summed E-state index contributed by atoms with van der Waals surface area (Å²) in [4.78, 5) is 15.0. The number of nitrogens with zero attached hydrogens (tertiary/aromatic N) is 1. The fourth-order valence-corrected chi connectivity index (χ4v) is 3.32. The van der Waals surface area contributed by atoms with Crippen molar-refractivity contribution >= 4 is 29.1 Å². The lowest BCUT2D eigenvalue weighted by Gasteiger charge is -2.32. The zero-order valence-corrected chi connectivity index (χ0v) is 14.7. The summed E-state index contributed by atoms with van der Waals surface area (Å²) in [7, 11) is 0. The Morgan fingerprint density at radius 2 is 2.00 bits per heavy atom. The van der Waals surface area contributed by atoms with Crippen LogP contribution in [0.1, 0.15) is 37.2 Å². The fourth-order valence-electron chi connectivity index (χ4n) is 3.02. The molecule has 3 nitrogen and oxygen atoms in total. The van der Waals surface area contributed by atoms with Crippen LogP contribution in [0.25, 0.3) is 0 Å². The van der Waals surface area contributed by atoms with Gasteiger partial charge in [0.05, 0.1) is 21.7 Å². The van der Waals surface area contributed by atoms with Crippen molar-refractivity contribution in [1.82, 2.24) is 4.90 Å². The summed E-state index contributed by atoms with van der Waals surface area (Å²) >= 11 is 12.1. The van der Waals surface area contributed by atoms with E-state index in [0.717, 1.165) is 36.3 Å². The van der Waals surface area contributed by atoms with Crippen LogP contribution >= 0.6 is 23.2 Å². The molecular weight excluding hydrogens is 333 g/mol. The SMILES string of the molecule is CC(C)(C(=O)N1CCCc2occc2C1)c1ccc(Cl)c(Cl)c1. The van der Waals surface area contributed by atoms with Gasteiger partial charge in [-0.15, -0.1) is 0 Å². The lowest BCUT2D eigenvalue weighted by Crippen LogP contribution is -2.43. The van der Waals surface area contributed by atoms with E-state index in [0.29, 0.717) is 16.6 Å². The molecule has 1 aromatic heterocycles. The van der Waals surface area contributed by atoms with E-state index < -0.39 is 5.41 Å². The Balaban J connectivity index is 1.87. The smallest absolute Gasteiger partial charge is 0.232 e. The molecule has 1 aliphatic rings. The number of rotatable bonds is 2. The Bertz CT molecular complexity index is 736. The molecule has 1 aromatic carbocycles. The Labute approximate surface area is 146 Å². The molecule has 0 N–H and O–H groups in total. The summed E-state index contributed by atoms with van der Waals surface area (Å²) < 4.78 is 5.49. The highest BCUT2D eigenvalue weighted by molar-refractivity contribution is 6.42. The van der Waals surface area contributed by atoms with Gasteiger partial charge in [-0.3, -0.25) is 4.79 Å². The molecule has 0 fully saturated rings. The Morgan fingerprint density at radius 1 is 1.22 bits per heavy atom. The van der Waals surface area contributed by atoms with Crippen molar-refractivity contribution in [3.63, 3.8) is 0 Å². The topological polar surface area (TPSA) is 33.5 Å². The van der Waals surface area contributed by atoms with Crippen molar-refractivity contribution in [2.75, 3.05) is 6.54 Å². The number of benzene rings is 1. The monoisotopic (exact) mass is 351 g/mol. The summed E-state index contributed by atoms with van der Waals surface area (Å²) in [6.45, 7) is 5.18. The quantitative estimate of drug-likeness (QED) is 0.775. The van der Waals surface area contributed by atoms with E-state index in [1.54, 1.807) is 18.4 Å². The van der Waals surface area contributed by atoms with Crippen LogP contribution in [0.5, 0.6) is 0 Å². The summed E-state index contributed by atoms with van der Waals surface area (Å²) in [6.07, 6.45) is 3.48. The second kappa shape index (κ2) is 6.21. The molecule has 5 heteroatoms. The highest BCUT2D eigenvalue weighted by Gasteiger charge is 2.35. The summed E-state index contributed by atoms with van der Waals surface area (Å²) in [5, 5.41) is 0.967. The van der Waals surface area contributed by atoms with Gasteiger partial charge in [-0.1, -0.05) is 29.3 Å². The van der Waals surface area contributed by atoms with E-state index in [-0.39, 0.29) is 5.91 Å². The van der Waals surface area contributed by atoms with Gasteiger partial charge in [-0.25, -0.2) is 0 Å². The minimum Gasteiger partial charge on any atom is -0.469 e. The second-order valence-electron chi connectivity index (χ2n) is 6.45. The van der Waals surface area contributed by atoms with Crippen LogP contribution in [0, 0.1) is 0 Å². The van der Waals surface area contributed by atoms with Crippen molar-refractivity contribution < 1.29 is 9.21 Å². The first-order chi connectivity index (χ1) is 10.9. The predicted molar refractivity (Wildman–Crippen MR) is 91.9 cm³/mol. The Hall–Kier alpha value is -1.45. The van der Waals surface area contributed by atoms with Crippen molar-refractivity contribution in [2.45, 2.75) is 38.6 Å². The number of amides is 1. The minimum atomic E-state index is -0.664. The van der Waals surface area contributed by atoms with Crippen molar-refractivity contribution in [1.29, 1.82) is 0 Å². The van der Waals surface area contributed by atoms with Gasteiger partial charge in [0.2, 0.25) is 5.91 Å². The van der Waals surface area contributed by atoms with E-state index in [1.807, 2.05) is 30.9 Å². The third-order valence-electron chi connectivity index (χ3n) is 4.49. The van der Waals surface area contributed by atoms with Gasteiger partial charge in [0.15, 0.2) is 0 Å². The van der Waals surface area contributed by atoms with E-state index in [4.69, 9.17) is 27.6 Å². The zero-order valence-electron chi connectivity index (χ0n) is 13.2. The van der Waals surface area contributed by atoms with Crippen molar-refractivity contribution in [3.8, 4) is 0 Å². The number of halogens is 2. The standard InChI is InChI=1S/C18H19Cl2NO2/c1-18(2,13-5-6-14(19)15(20)10-13)17(22)21-8-3-4-16-12(11-21)7-9-23-16/h5-7,9-10H,3-4,8,11H2,1-2H3. The summed E-state index contributed by atoms with van der Waals surface area (Å²) in [5.41, 5.74) is 1.30. The lowest BCUT2D eigenvalue weighted by molar-refractivity contribution is -0.136. The third-order valence-corrected chi connectivity index (χ3v) is 5.23. The fraction of sp³-hybridized carbons (Fsp3) is 0.389. The number of hydrogen-bond acceptors (Lipinski definition) is 2. The lowest BCUT2D eigenvalue weighted by atomic mass is 9.83. The van der Waals surface area contributed by atoms with E-state index in [2.05, 4.69) is 0 Å². The zero-order chi connectivity index (χ0) is 16.6. The van der Waals surface area contributed by atoms with Gasteiger partial charge in [-0.2, -0.15) is 0 Å². The molecule has 0 bridgehead atoms. The van der Waals surface area contributed by atoms with Gasteiger partial charge in [0.1, 0.15) is 5.76 Å². The van der Waals surface area contributed by atoms with E-state index >= 15 is 0 Å². The molecule has 0 spiro atoms. The van der Waals surface area contributed by atoms with Crippen LogP contribution in [0.15, 0.2) is 34.9 Å². The average Bonchev–Trinajstić information content (AvgIpc) is 2.86. The highest BCUT2D eigenvalue weighted by atomic mass is 35.5. The normalized spacial score (nSPS) is 15.2. The molecule has 0 saturated carbocycles. The molecule has 2 heterocycles. The molecule has 0 unspecified atom stereocenters. The first-order valence-electron chi connectivity index (χ1n) is 7.70. The number of fused-ring (bicyclic) bond motifs is 1. The molecule has 0 aliphatic carbocycles. The number of carbonyl (C=O) groups excluding carboxylic acids is 1. The summed E-state index contributed by atoms with van der Waals surface area (Å²) in [6, 6.07) is 7.34. The first kappa shape index (κ1) is 16.4. The number of hydrogen-bond donors (Lipinski definition) is 0. The van der Waals surface area contributed by atoms with E-state index in [9.17, 15) is 4.79 Å². The van der Waals surface area contributed by atoms with Gasteiger partial charge in [-0.05, 0) is 44.0 Å². The maximum atomic E-state index is 13.1. The maximum Gasteiger partial charge on any atom is 0.232 e. The number of aryl methyl sites for hydroxylation is 1. The molecule has 122 valence electrons. The van der Waals surface area contributed by atoms with E-state index in [1.165, 1.54) is 0 Å². The largest absolute Gasteiger partial charge is 0.469 e. The van der Waals surface area contributed by atoms with Crippen LogP contribution < -0.4 is 0 Å². The second-order valence-corrected chi connectivity index (χ2v) is 7.27. The van der Waals surface area contributed by atoms with Crippen LogP contribution in [0.4, 0.5) is 0 Å². The molecular formula is C18H19Cl2NO2. The molecule has 0 radical (unpaired) electrons. The first-order valence-corrected chi connectivity index (χ1v) is 8.45. The molecule has 0 saturated heterocycles. The minimum absolute atomic E-state index is 0.0879. The van der Waals surface area contributed by atoms with Crippen LogP contribution in [-0.4, -0.2) is 17.4 Å². The number of carbonyl (C=O) groups is 1. The van der Waals surface area contributed by atoms with Gasteiger partial charge in [0, 0.05) is 25.1 Å². The number of furan rings is 1. The molecule has 2 aromatic rings. The van der Waals surface area contributed by atoms with Crippen LogP contribution in [-0.2, 0) is 23.2 Å². The predicted octanol–water partition coefficient (Wildman–Crippen LogP) is 4.84. The molecule has 1 aliphatic heterocycles. The third kappa shape index (κ3) is 3.13. The average molecular weight is 352 g/mol.